The molecule has 2 N–H and O–H groups in total. The molecule has 2 aromatic rings. The van der Waals surface area contributed by atoms with Gasteiger partial charge in [0.2, 0.25) is 0 Å². The molecule has 0 amide bonds. The molecule has 0 saturated heterocycles. The molecule has 0 aliphatic heterocycles. The first-order valence-corrected chi connectivity index (χ1v) is 6.45. The number of halogens is 1. The van der Waals surface area contributed by atoms with Gasteiger partial charge in [0.25, 0.3) is 0 Å². The highest BCUT2D eigenvalue weighted by atomic mass is 19.1. The van der Waals surface area contributed by atoms with Gasteiger partial charge >= 0.3 is 0 Å². The highest BCUT2D eigenvalue weighted by Gasteiger charge is 2.17. The molecule has 0 spiro atoms. The van der Waals surface area contributed by atoms with E-state index in [1.165, 1.54) is 12.1 Å². The second-order valence-electron chi connectivity index (χ2n) is 4.95. The molecule has 0 radical (unpaired) electrons. The van der Waals surface area contributed by atoms with Crippen molar-refractivity contribution in [2.24, 2.45) is 5.92 Å². The second kappa shape index (κ2) is 5.15. The summed E-state index contributed by atoms with van der Waals surface area (Å²) in [5.41, 5.74) is 0.702. The molecule has 0 unspecified atom stereocenters. The van der Waals surface area contributed by atoms with E-state index in [9.17, 15) is 4.39 Å². The summed E-state index contributed by atoms with van der Waals surface area (Å²) >= 11 is 0. The molecule has 0 fully saturated rings. The number of aliphatic hydroxyl groups is 1. The van der Waals surface area contributed by atoms with Gasteiger partial charge in [-0.15, -0.1) is 0 Å². The number of rotatable bonds is 4. The van der Waals surface area contributed by atoms with Crippen LogP contribution >= 0.6 is 0 Å². The first-order valence-electron chi connectivity index (χ1n) is 6.45. The van der Waals surface area contributed by atoms with Crippen LogP contribution in [0.4, 0.5) is 4.39 Å². The summed E-state index contributed by atoms with van der Waals surface area (Å²) in [5, 5.41) is 13.2. The predicted molar refractivity (Wildman–Crippen MR) is 71.1 cm³/mol. The Balaban J connectivity index is 1.64. The zero-order chi connectivity index (χ0) is 13.2. The highest BCUT2D eigenvalue weighted by molar-refractivity contribution is 5.77. The average molecular weight is 261 g/mol. The molecule has 3 nitrogen and oxygen atoms in total. The van der Waals surface area contributed by atoms with Crippen LogP contribution in [0.2, 0.25) is 0 Å². The fraction of sp³-hybridized carbons (Fsp3) is 0.333. The van der Waals surface area contributed by atoms with E-state index in [-0.39, 0.29) is 24.4 Å². The number of hydrogen-bond donors (Lipinski definition) is 2. The normalized spacial score (nSPS) is 22.4. The Morgan fingerprint density at radius 1 is 1.32 bits per heavy atom. The molecule has 4 heteroatoms. The summed E-state index contributed by atoms with van der Waals surface area (Å²) in [5.74, 6) is 0.793. The van der Waals surface area contributed by atoms with Crippen LogP contribution in [-0.2, 0) is 6.54 Å². The van der Waals surface area contributed by atoms with Gasteiger partial charge in [-0.3, -0.25) is 0 Å². The van der Waals surface area contributed by atoms with Crippen LogP contribution in [0.5, 0.6) is 0 Å². The number of furan rings is 1. The van der Waals surface area contributed by atoms with Gasteiger partial charge < -0.3 is 14.8 Å². The molecule has 1 aromatic heterocycles. The third-order valence-corrected chi connectivity index (χ3v) is 3.47. The largest absolute Gasteiger partial charge is 0.460 e. The fourth-order valence-corrected chi connectivity index (χ4v) is 2.45. The van der Waals surface area contributed by atoms with Crippen molar-refractivity contribution in [1.82, 2.24) is 5.32 Å². The van der Waals surface area contributed by atoms with Gasteiger partial charge in [-0.25, -0.2) is 4.39 Å². The van der Waals surface area contributed by atoms with Gasteiger partial charge in [0, 0.05) is 24.0 Å². The van der Waals surface area contributed by atoms with Crippen LogP contribution in [0.3, 0.4) is 0 Å². The Morgan fingerprint density at radius 2 is 2.21 bits per heavy atom. The lowest BCUT2D eigenvalue weighted by molar-refractivity contribution is 0.246. The van der Waals surface area contributed by atoms with Crippen LogP contribution in [0.1, 0.15) is 12.2 Å². The lowest BCUT2D eigenvalue weighted by Crippen LogP contribution is -2.25. The minimum atomic E-state index is -0.252. The van der Waals surface area contributed by atoms with E-state index in [0.29, 0.717) is 12.1 Å². The van der Waals surface area contributed by atoms with Gasteiger partial charge in [-0.1, -0.05) is 12.2 Å². The van der Waals surface area contributed by atoms with Gasteiger partial charge in [-0.05, 0) is 30.7 Å². The Labute approximate surface area is 110 Å². The Hall–Kier alpha value is -1.65. The van der Waals surface area contributed by atoms with Crippen molar-refractivity contribution in [2.75, 3.05) is 6.61 Å². The highest BCUT2D eigenvalue weighted by Crippen LogP contribution is 2.21. The lowest BCUT2D eigenvalue weighted by atomic mass is 10.1. The SMILES string of the molecule is OC[C@H]1C=C[C@@H](NCc2cc3cc(F)ccc3o2)C1. The van der Waals surface area contributed by atoms with Gasteiger partial charge in [0.15, 0.2) is 0 Å². The lowest BCUT2D eigenvalue weighted by Gasteiger charge is -2.11. The third-order valence-electron chi connectivity index (χ3n) is 3.47. The summed E-state index contributed by atoms with van der Waals surface area (Å²) in [7, 11) is 0. The molecule has 3 rings (SSSR count). The van der Waals surface area contributed by atoms with Crippen LogP contribution < -0.4 is 5.32 Å². The standard InChI is InChI=1S/C15H16FNO2/c16-12-2-4-15-11(6-12)7-14(19-15)8-17-13-3-1-10(5-13)9-18/h1-4,6-7,10,13,17-18H,5,8-9H2/t10-,13+/m0/s1. The summed E-state index contributed by atoms with van der Waals surface area (Å²) in [6, 6.07) is 6.63. The molecule has 1 aromatic carbocycles. The average Bonchev–Trinajstić information content (AvgIpc) is 3.01. The molecule has 100 valence electrons. The summed E-state index contributed by atoms with van der Waals surface area (Å²) in [4.78, 5) is 0. The minimum Gasteiger partial charge on any atom is -0.460 e. The Morgan fingerprint density at radius 3 is 3.00 bits per heavy atom. The number of fused-ring (bicyclic) bond motifs is 1. The van der Waals surface area contributed by atoms with Crippen LogP contribution in [-0.4, -0.2) is 17.8 Å². The van der Waals surface area contributed by atoms with E-state index >= 15 is 0 Å². The molecule has 2 atom stereocenters. The molecule has 1 aliphatic carbocycles. The maximum Gasteiger partial charge on any atom is 0.134 e. The van der Waals surface area contributed by atoms with Crippen molar-refractivity contribution in [1.29, 1.82) is 0 Å². The summed E-state index contributed by atoms with van der Waals surface area (Å²) in [6.45, 7) is 0.794. The summed E-state index contributed by atoms with van der Waals surface area (Å²) < 4.78 is 18.7. The second-order valence-corrected chi connectivity index (χ2v) is 4.95. The maximum absolute atomic E-state index is 13.1. The van der Waals surface area contributed by atoms with Crippen molar-refractivity contribution >= 4 is 11.0 Å². The maximum atomic E-state index is 13.1. The number of nitrogens with one attached hydrogen (secondary N) is 1. The van der Waals surface area contributed by atoms with E-state index in [1.807, 2.05) is 12.1 Å². The number of benzene rings is 1. The van der Waals surface area contributed by atoms with Gasteiger partial charge in [0.1, 0.15) is 17.2 Å². The van der Waals surface area contributed by atoms with Gasteiger partial charge in [0.05, 0.1) is 6.54 Å². The monoisotopic (exact) mass is 261 g/mol. The molecular weight excluding hydrogens is 245 g/mol. The minimum absolute atomic E-state index is 0.193. The zero-order valence-corrected chi connectivity index (χ0v) is 10.5. The summed E-state index contributed by atoms with van der Waals surface area (Å²) in [6.07, 6.45) is 5.01. The fourth-order valence-electron chi connectivity index (χ4n) is 2.45. The molecule has 19 heavy (non-hydrogen) atoms. The predicted octanol–water partition coefficient (Wildman–Crippen LogP) is 2.60. The molecule has 1 heterocycles. The number of hydrogen-bond acceptors (Lipinski definition) is 3. The Bertz CT molecular complexity index is 605. The van der Waals surface area contributed by atoms with Crippen molar-refractivity contribution in [2.45, 2.75) is 19.0 Å². The van der Waals surface area contributed by atoms with Crippen molar-refractivity contribution in [3.05, 3.63) is 48.0 Å². The third kappa shape index (κ3) is 2.69. The molecule has 1 aliphatic rings. The quantitative estimate of drug-likeness (QED) is 0.832. The zero-order valence-electron chi connectivity index (χ0n) is 10.5. The molecule has 0 saturated carbocycles. The molecular formula is C15H16FNO2. The van der Waals surface area contributed by atoms with Crippen molar-refractivity contribution in [3.63, 3.8) is 0 Å². The van der Waals surface area contributed by atoms with Crippen molar-refractivity contribution < 1.29 is 13.9 Å². The van der Waals surface area contributed by atoms with Crippen LogP contribution in [0.25, 0.3) is 11.0 Å². The van der Waals surface area contributed by atoms with Crippen LogP contribution in [0, 0.1) is 11.7 Å². The Kier molecular flexibility index (Phi) is 3.36. The topological polar surface area (TPSA) is 45.4 Å². The van der Waals surface area contributed by atoms with E-state index < -0.39 is 0 Å². The van der Waals surface area contributed by atoms with Crippen molar-refractivity contribution in [3.8, 4) is 0 Å². The van der Waals surface area contributed by atoms with E-state index in [0.717, 1.165) is 17.6 Å². The van der Waals surface area contributed by atoms with E-state index in [1.54, 1.807) is 6.07 Å². The number of aliphatic hydroxyl groups excluding tert-OH is 1. The molecule has 0 bridgehead atoms. The first kappa shape index (κ1) is 12.4. The van der Waals surface area contributed by atoms with E-state index in [4.69, 9.17) is 9.52 Å². The van der Waals surface area contributed by atoms with Crippen LogP contribution in [0.15, 0.2) is 40.8 Å². The first-order chi connectivity index (χ1) is 9.24. The van der Waals surface area contributed by atoms with Gasteiger partial charge in [-0.2, -0.15) is 0 Å². The van der Waals surface area contributed by atoms with E-state index in [2.05, 4.69) is 11.4 Å². The smallest absolute Gasteiger partial charge is 0.134 e.